The Morgan fingerprint density at radius 3 is 2.65 bits per heavy atom. The standard InChI is InChI=1S/C15H12Cl2N6O3/c16-10-2-1-9(11(17)5-10)6-23-8-18-15(21-23)19-13(24)7-22-4-3-12(20-22)14(25)26/h1-5,8H,6-7H2,(H,25,26)(H,19,21,24). The van der Waals surface area contributed by atoms with E-state index in [1.165, 1.54) is 28.0 Å². The maximum atomic E-state index is 12.0. The Labute approximate surface area is 157 Å². The number of aromatic carboxylic acids is 1. The largest absolute Gasteiger partial charge is 0.476 e. The van der Waals surface area contributed by atoms with Crippen LogP contribution < -0.4 is 5.32 Å². The van der Waals surface area contributed by atoms with Crippen molar-refractivity contribution in [3.63, 3.8) is 0 Å². The number of benzene rings is 1. The van der Waals surface area contributed by atoms with E-state index in [9.17, 15) is 9.59 Å². The fourth-order valence-electron chi connectivity index (χ4n) is 2.13. The van der Waals surface area contributed by atoms with Crippen LogP contribution in [0.3, 0.4) is 0 Å². The Balaban J connectivity index is 1.60. The van der Waals surface area contributed by atoms with Crippen molar-refractivity contribution in [3.8, 4) is 0 Å². The van der Waals surface area contributed by atoms with Gasteiger partial charge in [-0.2, -0.15) is 5.10 Å². The first-order valence-corrected chi connectivity index (χ1v) is 8.06. The normalized spacial score (nSPS) is 10.7. The first-order valence-electron chi connectivity index (χ1n) is 7.30. The Bertz CT molecular complexity index is 968. The van der Waals surface area contributed by atoms with E-state index >= 15 is 0 Å². The highest BCUT2D eigenvalue weighted by Crippen LogP contribution is 2.21. The zero-order valence-electron chi connectivity index (χ0n) is 13.1. The number of aromatic nitrogens is 5. The summed E-state index contributed by atoms with van der Waals surface area (Å²) in [5, 5.41) is 20.3. The summed E-state index contributed by atoms with van der Waals surface area (Å²) in [6.45, 7) is 0.199. The minimum Gasteiger partial charge on any atom is -0.476 e. The van der Waals surface area contributed by atoms with Crippen molar-refractivity contribution in [2.45, 2.75) is 13.1 Å². The Morgan fingerprint density at radius 2 is 1.96 bits per heavy atom. The molecule has 1 aromatic carbocycles. The van der Waals surface area contributed by atoms with Crippen molar-refractivity contribution in [2.24, 2.45) is 0 Å². The van der Waals surface area contributed by atoms with Gasteiger partial charge in [0, 0.05) is 16.2 Å². The summed E-state index contributed by atoms with van der Waals surface area (Å²) in [5.41, 5.74) is 0.664. The van der Waals surface area contributed by atoms with Gasteiger partial charge in [0.15, 0.2) is 5.69 Å². The van der Waals surface area contributed by atoms with Crippen LogP contribution in [0.2, 0.25) is 10.0 Å². The lowest BCUT2D eigenvalue weighted by molar-refractivity contribution is -0.117. The molecule has 0 aliphatic carbocycles. The molecule has 134 valence electrons. The molecule has 0 aliphatic rings. The number of carboxylic acids is 1. The molecule has 11 heteroatoms. The molecule has 3 rings (SSSR count). The van der Waals surface area contributed by atoms with E-state index in [2.05, 4.69) is 20.5 Å². The molecule has 0 unspecified atom stereocenters. The maximum Gasteiger partial charge on any atom is 0.356 e. The lowest BCUT2D eigenvalue weighted by atomic mass is 10.2. The van der Waals surface area contributed by atoms with E-state index in [1.54, 1.807) is 18.2 Å². The fourth-order valence-corrected chi connectivity index (χ4v) is 2.60. The van der Waals surface area contributed by atoms with Gasteiger partial charge in [0.2, 0.25) is 11.9 Å². The predicted molar refractivity (Wildman–Crippen MR) is 93.4 cm³/mol. The summed E-state index contributed by atoms with van der Waals surface area (Å²) in [4.78, 5) is 26.7. The van der Waals surface area contributed by atoms with Gasteiger partial charge in [-0.1, -0.05) is 29.3 Å². The second-order valence-corrected chi connectivity index (χ2v) is 6.10. The molecule has 0 aliphatic heterocycles. The van der Waals surface area contributed by atoms with Gasteiger partial charge < -0.3 is 5.11 Å². The van der Waals surface area contributed by atoms with Crippen LogP contribution in [0.5, 0.6) is 0 Å². The van der Waals surface area contributed by atoms with E-state index in [0.29, 0.717) is 16.6 Å². The highest BCUT2D eigenvalue weighted by molar-refractivity contribution is 6.35. The molecule has 0 saturated heterocycles. The Morgan fingerprint density at radius 1 is 1.15 bits per heavy atom. The van der Waals surface area contributed by atoms with Crippen molar-refractivity contribution in [1.82, 2.24) is 24.5 Å². The number of anilines is 1. The van der Waals surface area contributed by atoms with Crippen molar-refractivity contribution >= 4 is 41.0 Å². The molecule has 26 heavy (non-hydrogen) atoms. The lowest BCUT2D eigenvalue weighted by Gasteiger charge is -2.04. The van der Waals surface area contributed by atoms with Gasteiger partial charge in [-0.05, 0) is 23.8 Å². The molecule has 0 saturated carbocycles. The molecule has 0 spiro atoms. The van der Waals surface area contributed by atoms with Gasteiger partial charge in [-0.15, -0.1) is 5.10 Å². The molecular formula is C15H12Cl2N6O3. The average Bonchev–Trinajstić information content (AvgIpc) is 3.20. The smallest absolute Gasteiger partial charge is 0.356 e. The van der Waals surface area contributed by atoms with E-state index in [0.717, 1.165) is 5.56 Å². The van der Waals surface area contributed by atoms with Gasteiger partial charge >= 0.3 is 5.97 Å². The number of carbonyl (C=O) groups excluding carboxylic acids is 1. The molecule has 3 aromatic rings. The number of carbonyl (C=O) groups is 2. The molecule has 0 atom stereocenters. The first kappa shape index (κ1) is 17.9. The van der Waals surface area contributed by atoms with E-state index in [-0.39, 0.29) is 18.2 Å². The number of hydrogen-bond donors (Lipinski definition) is 2. The van der Waals surface area contributed by atoms with E-state index in [1.807, 2.05) is 0 Å². The number of nitrogens with one attached hydrogen (secondary N) is 1. The van der Waals surface area contributed by atoms with Crippen LogP contribution in [0.15, 0.2) is 36.8 Å². The van der Waals surface area contributed by atoms with Crippen LogP contribution in [-0.2, 0) is 17.9 Å². The SMILES string of the molecule is O=C(Cn1ccc(C(=O)O)n1)Nc1ncn(Cc2ccc(Cl)cc2Cl)n1. The second-order valence-electron chi connectivity index (χ2n) is 5.25. The van der Waals surface area contributed by atoms with Crippen molar-refractivity contribution < 1.29 is 14.7 Å². The molecule has 2 N–H and O–H groups in total. The molecule has 0 bridgehead atoms. The fraction of sp³-hybridized carbons (Fsp3) is 0.133. The van der Waals surface area contributed by atoms with Gasteiger partial charge in [0.1, 0.15) is 12.9 Å². The summed E-state index contributed by atoms with van der Waals surface area (Å²) in [5.74, 6) is -1.48. The van der Waals surface area contributed by atoms with Crippen LogP contribution in [0.1, 0.15) is 16.1 Å². The second kappa shape index (κ2) is 7.54. The number of hydrogen-bond acceptors (Lipinski definition) is 5. The molecular weight excluding hydrogens is 383 g/mol. The summed E-state index contributed by atoms with van der Waals surface area (Å²) < 4.78 is 2.73. The van der Waals surface area contributed by atoms with Crippen LogP contribution >= 0.6 is 23.2 Å². The third-order valence-electron chi connectivity index (χ3n) is 3.30. The third-order valence-corrected chi connectivity index (χ3v) is 3.89. The Hall–Kier alpha value is -2.91. The van der Waals surface area contributed by atoms with Crippen molar-refractivity contribution in [2.75, 3.05) is 5.32 Å². The zero-order valence-corrected chi connectivity index (χ0v) is 14.6. The van der Waals surface area contributed by atoms with Crippen molar-refractivity contribution in [3.05, 3.63) is 58.1 Å². The summed E-state index contributed by atoms with van der Waals surface area (Å²) >= 11 is 12.0. The third kappa shape index (κ3) is 4.38. The zero-order chi connectivity index (χ0) is 18.7. The molecule has 1 amide bonds. The Kier molecular flexibility index (Phi) is 5.19. The van der Waals surface area contributed by atoms with E-state index < -0.39 is 11.9 Å². The molecule has 0 radical (unpaired) electrons. The van der Waals surface area contributed by atoms with Crippen LogP contribution in [0, 0.1) is 0 Å². The quantitative estimate of drug-likeness (QED) is 0.661. The first-order chi connectivity index (χ1) is 12.4. The summed E-state index contributed by atoms with van der Waals surface area (Å²) in [6.07, 6.45) is 2.86. The highest BCUT2D eigenvalue weighted by atomic mass is 35.5. The van der Waals surface area contributed by atoms with Crippen LogP contribution in [0.25, 0.3) is 0 Å². The highest BCUT2D eigenvalue weighted by Gasteiger charge is 2.11. The number of carboxylic acid groups (broad SMARTS) is 1. The van der Waals surface area contributed by atoms with Gasteiger partial charge in [-0.3, -0.25) is 14.8 Å². The van der Waals surface area contributed by atoms with E-state index in [4.69, 9.17) is 28.3 Å². The van der Waals surface area contributed by atoms with Gasteiger partial charge in [0.25, 0.3) is 0 Å². The van der Waals surface area contributed by atoms with Crippen LogP contribution in [-0.4, -0.2) is 41.5 Å². The minimum atomic E-state index is -1.16. The topological polar surface area (TPSA) is 115 Å². The number of rotatable bonds is 6. The molecule has 2 aromatic heterocycles. The molecule has 0 fully saturated rings. The predicted octanol–water partition coefficient (Wildman–Crippen LogP) is 2.17. The summed E-state index contributed by atoms with van der Waals surface area (Å²) in [6, 6.07) is 6.44. The molecule has 9 nitrogen and oxygen atoms in total. The van der Waals surface area contributed by atoms with Crippen molar-refractivity contribution in [1.29, 1.82) is 0 Å². The van der Waals surface area contributed by atoms with Gasteiger partial charge in [0.05, 0.1) is 6.54 Å². The average molecular weight is 395 g/mol. The lowest BCUT2D eigenvalue weighted by Crippen LogP contribution is -2.20. The minimum absolute atomic E-state index is 0.116. The molecule has 2 heterocycles. The summed E-state index contributed by atoms with van der Waals surface area (Å²) in [7, 11) is 0. The number of halogens is 2. The monoisotopic (exact) mass is 394 g/mol. The van der Waals surface area contributed by atoms with Crippen LogP contribution in [0.4, 0.5) is 5.95 Å². The number of nitrogens with zero attached hydrogens (tertiary/aromatic N) is 5. The van der Waals surface area contributed by atoms with Gasteiger partial charge in [-0.25, -0.2) is 14.5 Å². The number of amides is 1. The maximum absolute atomic E-state index is 12.0.